The Morgan fingerprint density at radius 1 is 1.45 bits per heavy atom. The quantitative estimate of drug-likeness (QED) is 0.666. The molecule has 5 nitrogen and oxygen atoms in total. The molecule has 2 rings (SSSR count). The molecule has 1 aromatic carbocycles. The first-order valence-electron chi connectivity index (χ1n) is 6.93. The zero-order valence-electron chi connectivity index (χ0n) is 11.6. The number of benzene rings is 1. The summed E-state index contributed by atoms with van der Waals surface area (Å²) < 4.78 is 5.46. The van der Waals surface area contributed by atoms with Gasteiger partial charge in [0.25, 0.3) is 5.91 Å². The van der Waals surface area contributed by atoms with Crippen molar-refractivity contribution in [1.82, 2.24) is 5.32 Å². The van der Waals surface area contributed by atoms with Crippen LogP contribution in [0.25, 0.3) is 6.08 Å². The van der Waals surface area contributed by atoms with Gasteiger partial charge in [-0.2, -0.15) is 0 Å². The van der Waals surface area contributed by atoms with Gasteiger partial charge >= 0.3 is 0 Å². The van der Waals surface area contributed by atoms with Crippen molar-refractivity contribution in [2.45, 2.75) is 13.3 Å². The molecule has 0 fully saturated rings. The van der Waals surface area contributed by atoms with E-state index in [0.29, 0.717) is 31.5 Å². The molecule has 1 heterocycles. The van der Waals surface area contributed by atoms with Crippen LogP contribution in [0.15, 0.2) is 23.2 Å². The first kappa shape index (κ1) is 14.7. The van der Waals surface area contributed by atoms with Gasteiger partial charge in [0.1, 0.15) is 5.75 Å². The van der Waals surface area contributed by atoms with Crippen molar-refractivity contribution in [2.24, 2.45) is 10.9 Å². The molecule has 5 heteroatoms. The van der Waals surface area contributed by atoms with E-state index in [9.17, 15) is 4.79 Å². The first-order valence-corrected chi connectivity index (χ1v) is 6.93. The summed E-state index contributed by atoms with van der Waals surface area (Å²) >= 11 is 0. The van der Waals surface area contributed by atoms with Crippen LogP contribution in [0.4, 0.5) is 0 Å². The standard InChI is InChI=1S/C15H20N2O3/c1-2-20-13-4-5-14-11(9-13)8-12(15(19)17-14)10-16-6-3-7-18/h4-5,8-9,12,16,18H,2-3,6-7,10H2,1H3. The molecule has 1 aromatic rings. The van der Waals surface area contributed by atoms with Gasteiger partial charge in [-0.05, 0) is 38.1 Å². The Balaban J connectivity index is 2.14. The van der Waals surface area contributed by atoms with Crippen molar-refractivity contribution in [3.05, 3.63) is 28.8 Å². The summed E-state index contributed by atoms with van der Waals surface area (Å²) in [6, 6.07) is 5.55. The van der Waals surface area contributed by atoms with E-state index in [1.165, 1.54) is 0 Å². The van der Waals surface area contributed by atoms with Gasteiger partial charge in [-0.1, -0.05) is 6.08 Å². The molecule has 2 N–H and O–H groups in total. The van der Waals surface area contributed by atoms with Crippen molar-refractivity contribution < 1.29 is 14.6 Å². The predicted octanol–water partition coefficient (Wildman–Crippen LogP) is -0.386. The molecule has 1 unspecified atom stereocenters. The van der Waals surface area contributed by atoms with E-state index in [2.05, 4.69) is 10.3 Å². The van der Waals surface area contributed by atoms with Crippen LogP contribution in [0.1, 0.15) is 13.3 Å². The van der Waals surface area contributed by atoms with E-state index in [-0.39, 0.29) is 18.4 Å². The lowest BCUT2D eigenvalue weighted by molar-refractivity contribution is -0.120. The Bertz CT molecular complexity index is 583. The fraction of sp³-hybridized carbons (Fsp3) is 0.467. The third-order valence-electron chi connectivity index (χ3n) is 3.11. The smallest absolute Gasteiger partial charge is 0.254 e. The monoisotopic (exact) mass is 276 g/mol. The highest BCUT2D eigenvalue weighted by molar-refractivity contribution is 5.86. The summed E-state index contributed by atoms with van der Waals surface area (Å²) in [5.74, 6) is 0.412. The SMILES string of the molecule is CCOc1ccc2c(c1)=CC(CNCCCO)C(=O)N=2. The number of carbonyl (C=O) groups is 1. The second-order valence-corrected chi connectivity index (χ2v) is 4.66. The van der Waals surface area contributed by atoms with Gasteiger partial charge in [-0.3, -0.25) is 4.79 Å². The molecule has 0 saturated carbocycles. The summed E-state index contributed by atoms with van der Waals surface area (Å²) in [5, 5.41) is 13.5. The van der Waals surface area contributed by atoms with Gasteiger partial charge in [0, 0.05) is 18.4 Å². The number of amides is 1. The Morgan fingerprint density at radius 3 is 3.05 bits per heavy atom. The maximum Gasteiger partial charge on any atom is 0.254 e. The van der Waals surface area contributed by atoms with Crippen LogP contribution < -0.4 is 20.6 Å². The van der Waals surface area contributed by atoms with E-state index in [1.807, 2.05) is 31.2 Å². The van der Waals surface area contributed by atoms with Crippen LogP contribution in [-0.4, -0.2) is 37.3 Å². The van der Waals surface area contributed by atoms with E-state index in [0.717, 1.165) is 11.0 Å². The van der Waals surface area contributed by atoms with Crippen molar-refractivity contribution in [3.8, 4) is 5.75 Å². The van der Waals surface area contributed by atoms with Crippen LogP contribution in [0.5, 0.6) is 5.75 Å². The molecular weight excluding hydrogens is 256 g/mol. The Morgan fingerprint density at radius 2 is 2.30 bits per heavy atom. The minimum atomic E-state index is -0.252. The number of nitrogens with zero attached hydrogens (tertiary/aromatic N) is 1. The van der Waals surface area contributed by atoms with Crippen molar-refractivity contribution >= 4 is 12.0 Å². The van der Waals surface area contributed by atoms with E-state index >= 15 is 0 Å². The van der Waals surface area contributed by atoms with Gasteiger partial charge in [0.05, 0.1) is 17.9 Å². The molecule has 1 aliphatic heterocycles. The molecule has 0 aromatic heterocycles. The number of aliphatic hydroxyl groups excluding tert-OH is 1. The van der Waals surface area contributed by atoms with Gasteiger partial charge in [0.2, 0.25) is 0 Å². The Hall–Kier alpha value is -1.72. The molecule has 0 radical (unpaired) electrons. The van der Waals surface area contributed by atoms with Gasteiger partial charge in [0.15, 0.2) is 0 Å². The number of hydrogen-bond acceptors (Lipinski definition) is 4. The first-order chi connectivity index (χ1) is 9.74. The Kier molecular flexibility index (Phi) is 5.26. The number of fused-ring (bicyclic) bond motifs is 1. The highest BCUT2D eigenvalue weighted by Gasteiger charge is 2.17. The topological polar surface area (TPSA) is 70.9 Å². The lowest BCUT2D eigenvalue weighted by Crippen LogP contribution is -2.37. The molecule has 0 aliphatic carbocycles. The normalized spacial score (nSPS) is 17.1. The highest BCUT2D eigenvalue weighted by atomic mass is 16.5. The van der Waals surface area contributed by atoms with E-state index < -0.39 is 0 Å². The molecule has 108 valence electrons. The summed E-state index contributed by atoms with van der Waals surface area (Å²) in [7, 11) is 0. The molecule has 0 saturated heterocycles. The van der Waals surface area contributed by atoms with Gasteiger partial charge < -0.3 is 15.2 Å². The molecule has 20 heavy (non-hydrogen) atoms. The van der Waals surface area contributed by atoms with Gasteiger partial charge in [-0.15, -0.1) is 0 Å². The number of ether oxygens (including phenoxy) is 1. The molecule has 1 atom stereocenters. The number of carbonyl (C=O) groups excluding carboxylic acids is 1. The highest BCUT2D eigenvalue weighted by Crippen LogP contribution is 2.07. The predicted molar refractivity (Wildman–Crippen MR) is 75.9 cm³/mol. The molecular formula is C15H20N2O3. The van der Waals surface area contributed by atoms with E-state index in [4.69, 9.17) is 9.84 Å². The van der Waals surface area contributed by atoms with Crippen LogP contribution >= 0.6 is 0 Å². The minimum Gasteiger partial charge on any atom is -0.494 e. The minimum absolute atomic E-state index is 0.127. The van der Waals surface area contributed by atoms with E-state index in [1.54, 1.807) is 0 Å². The number of nitrogens with one attached hydrogen (secondary N) is 1. The third kappa shape index (κ3) is 3.65. The molecule has 0 bridgehead atoms. The number of aliphatic hydroxyl groups is 1. The van der Waals surface area contributed by atoms with Gasteiger partial charge in [-0.25, -0.2) is 4.99 Å². The summed E-state index contributed by atoms with van der Waals surface area (Å²) in [6.45, 7) is 3.94. The zero-order chi connectivity index (χ0) is 14.4. The third-order valence-corrected chi connectivity index (χ3v) is 3.11. The maximum absolute atomic E-state index is 11.9. The van der Waals surface area contributed by atoms with Crippen molar-refractivity contribution in [1.29, 1.82) is 0 Å². The summed E-state index contributed by atoms with van der Waals surface area (Å²) in [4.78, 5) is 16.0. The Labute approximate surface area is 118 Å². The fourth-order valence-electron chi connectivity index (χ4n) is 2.12. The lowest BCUT2D eigenvalue weighted by Gasteiger charge is -2.13. The zero-order valence-corrected chi connectivity index (χ0v) is 11.6. The summed E-state index contributed by atoms with van der Waals surface area (Å²) in [6.07, 6.45) is 2.61. The van der Waals surface area contributed by atoms with Crippen molar-refractivity contribution in [2.75, 3.05) is 26.3 Å². The second-order valence-electron chi connectivity index (χ2n) is 4.66. The maximum atomic E-state index is 11.9. The average molecular weight is 276 g/mol. The van der Waals surface area contributed by atoms with Crippen molar-refractivity contribution in [3.63, 3.8) is 0 Å². The lowest BCUT2D eigenvalue weighted by atomic mass is 10.0. The fourth-order valence-corrected chi connectivity index (χ4v) is 2.12. The molecule has 0 spiro atoms. The summed E-state index contributed by atoms with van der Waals surface area (Å²) in [5.41, 5.74) is 0. The average Bonchev–Trinajstić information content (AvgIpc) is 2.44. The van der Waals surface area contributed by atoms with Crippen LogP contribution in [0.2, 0.25) is 0 Å². The number of rotatable bonds is 7. The molecule has 1 amide bonds. The largest absolute Gasteiger partial charge is 0.494 e. The number of hydrogen-bond donors (Lipinski definition) is 2. The van der Waals surface area contributed by atoms with Crippen LogP contribution in [-0.2, 0) is 4.79 Å². The molecule has 1 aliphatic rings. The van der Waals surface area contributed by atoms with Crippen LogP contribution in [0, 0.1) is 5.92 Å². The van der Waals surface area contributed by atoms with Crippen LogP contribution in [0.3, 0.4) is 0 Å². The second kappa shape index (κ2) is 7.17.